The zero-order valence-electron chi connectivity index (χ0n) is 8.38. The third-order valence-electron chi connectivity index (χ3n) is 2.64. The predicted octanol–water partition coefficient (Wildman–Crippen LogP) is 2.80. The Hall–Kier alpha value is -2.29. The van der Waals surface area contributed by atoms with Crippen molar-refractivity contribution in [2.45, 2.75) is 0 Å². The zero-order chi connectivity index (χ0) is 11.1. The molecule has 2 N–H and O–H groups in total. The summed E-state index contributed by atoms with van der Waals surface area (Å²) in [5, 5.41) is 20.9. The van der Waals surface area contributed by atoms with Crippen molar-refractivity contribution >= 4 is 21.8 Å². The topological polar surface area (TPSA) is 53.4 Å². The van der Waals surface area contributed by atoms with Crippen molar-refractivity contribution in [3.63, 3.8) is 0 Å². The SMILES string of the molecule is Oc1ccc2cc3ccccc3nc2c1O. The van der Waals surface area contributed by atoms with Crippen LogP contribution >= 0.6 is 0 Å². The van der Waals surface area contributed by atoms with Crippen molar-refractivity contribution in [1.29, 1.82) is 0 Å². The van der Waals surface area contributed by atoms with Gasteiger partial charge in [-0.05, 0) is 24.3 Å². The van der Waals surface area contributed by atoms with E-state index in [4.69, 9.17) is 0 Å². The molecule has 78 valence electrons. The largest absolute Gasteiger partial charge is 0.504 e. The Bertz CT molecular complexity index is 692. The van der Waals surface area contributed by atoms with Crippen molar-refractivity contribution in [1.82, 2.24) is 4.98 Å². The van der Waals surface area contributed by atoms with Crippen LogP contribution in [0.3, 0.4) is 0 Å². The minimum atomic E-state index is -0.164. The molecule has 3 rings (SSSR count). The molecule has 0 aliphatic carbocycles. The molecule has 0 unspecified atom stereocenters. The van der Waals surface area contributed by atoms with Crippen LogP contribution in [-0.2, 0) is 0 Å². The standard InChI is InChI=1S/C13H9NO2/c15-11-6-5-9-7-8-3-1-2-4-10(8)14-12(9)13(11)16/h1-7,15-16H. The lowest BCUT2D eigenvalue weighted by molar-refractivity contribution is 0.407. The van der Waals surface area contributed by atoms with E-state index in [0.717, 1.165) is 16.3 Å². The van der Waals surface area contributed by atoms with E-state index in [2.05, 4.69) is 4.98 Å². The average molecular weight is 211 g/mol. The maximum atomic E-state index is 9.71. The number of phenolic OH excluding ortho intramolecular Hbond substituents is 2. The molecule has 0 aliphatic rings. The molecule has 0 spiro atoms. The summed E-state index contributed by atoms with van der Waals surface area (Å²) in [5.41, 5.74) is 1.23. The van der Waals surface area contributed by atoms with Gasteiger partial charge in [-0.1, -0.05) is 18.2 Å². The molecule has 2 aromatic carbocycles. The summed E-state index contributed by atoms with van der Waals surface area (Å²) in [4.78, 5) is 4.33. The fourth-order valence-electron chi connectivity index (χ4n) is 1.82. The summed E-state index contributed by atoms with van der Waals surface area (Å²) in [7, 11) is 0. The molecule has 0 aliphatic heterocycles. The Morgan fingerprint density at radius 2 is 1.69 bits per heavy atom. The molecular weight excluding hydrogens is 202 g/mol. The normalized spacial score (nSPS) is 11.0. The molecular formula is C13H9NO2. The Labute approximate surface area is 91.6 Å². The first-order chi connectivity index (χ1) is 7.75. The molecule has 1 heterocycles. The van der Waals surface area contributed by atoms with Gasteiger partial charge in [0, 0.05) is 10.8 Å². The summed E-state index contributed by atoms with van der Waals surface area (Å²) in [6.45, 7) is 0. The Morgan fingerprint density at radius 3 is 2.56 bits per heavy atom. The molecule has 3 nitrogen and oxygen atoms in total. The van der Waals surface area contributed by atoms with Gasteiger partial charge in [0.05, 0.1) is 5.52 Å². The van der Waals surface area contributed by atoms with Gasteiger partial charge in [0.1, 0.15) is 5.52 Å². The van der Waals surface area contributed by atoms with E-state index in [1.807, 2.05) is 30.3 Å². The van der Waals surface area contributed by atoms with E-state index < -0.39 is 0 Å². The summed E-state index contributed by atoms with van der Waals surface area (Å²) in [6, 6.07) is 12.8. The van der Waals surface area contributed by atoms with Gasteiger partial charge in [0.15, 0.2) is 11.5 Å². The van der Waals surface area contributed by atoms with Crippen molar-refractivity contribution in [2.75, 3.05) is 0 Å². The van der Waals surface area contributed by atoms with Gasteiger partial charge >= 0.3 is 0 Å². The first kappa shape index (κ1) is 8.97. The molecule has 0 radical (unpaired) electrons. The molecule has 0 saturated heterocycles. The van der Waals surface area contributed by atoms with Crippen LogP contribution < -0.4 is 0 Å². The number of phenols is 2. The number of fused-ring (bicyclic) bond motifs is 2. The smallest absolute Gasteiger partial charge is 0.184 e. The summed E-state index contributed by atoms with van der Waals surface area (Å²) < 4.78 is 0. The number of hydrogen-bond acceptors (Lipinski definition) is 3. The van der Waals surface area contributed by atoms with Gasteiger partial charge in [-0.15, -0.1) is 0 Å². The summed E-state index contributed by atoms with van der Waals surface area (Å²) in [5.74, 6) is -0.307. The van der Waals surface area contributed by atoms with Crippen LogP contribution in [0.15, 0.2) is 42.5 Å². The number of hydrogen-bond donors (Lipinski definition) is 2. The minimum Gasteiger partial charge on any atom is -0.504 e. The van der Waals surface area contributed by atoms with E-state index in [9.17, 15) is 10.2 Å². The number of para-hydroxylation sites is 1. The van der Waals surface area contributed by atoms with E-state index in [1.165, 1.54) is 6.07 Å². The van der Waals surface area contributed by atoms with E-state index >= 15 is 0 Å². The third-order valence-corrected chi connectivity index (χ3v) is 2.64. The fraction of sp³-hybridized carbons (Fsp3) is 0. The first-order valence-electron chi connectivity index (χ1n) is 4.96. The zero-order valence-corrected chi connectivity index (χ0v) is 8.38. The molecule has 0 atom stereocenters. The number of pyridine rings is 1. The highest BCUT2D eigenvalue weighted by Gasteiger charge is 2.07. The highest BCUT2D eigenvalue weighted by molar-refractivity contribution is 5.96. The quantitative estimate of drug-likeness (QED) is 0.444. The number of nitrogens with zero attached hydrogens (tertiary/aromatic N) is 1. The van der Waals surface area contributed by atoms with Gasteiger partial charge in [0.25, 0.3) is 0 Å². The second kappa shape index (κ2) is 3.10. The van der Waals surface area contributed by atoms with Crippen molar-refractivity contribution in [3.05, 3.63) is 42.5 Å². The number of aromatic hydroxyl groups is 2. The van der Waals surface area contributed by atoms with Crippen LogP contribution in [-0.4, -0.2) is 15.2 Å². The maximum absolute atomic E-state index is 9.71. The Kier molecular flexibility index (Phi) is 1.74. The van der Waals surface area contributed by atoms with E-state index in [0.29, 0.717) is 5.52 Å². The molecule has 3 aromatic rings. The van der Waals surface area contributed by atoms with Crippen molar-refractivity contribution < 1.29 is 10.2 Å². The van der Waals surface area contributed by atoms with Crippen LogP contribution in [0.5, 0.6) is 11.5 Å². The Balaban J connectivity index is 2.51. The van der Waals surface area contributed by atoms with Crippen LogP contribution in [0, 0.1) is 0 Å². The second-order valence-corrected chi connectivity index (χ2v) is 3.69. The van der Waals surface area contributed by atoms with E-state index in [-0.39, 0.29) is 11.5 Å². The predicted molar refractivity (Wildman–Crippen MR) is 62.6 cm³/mol. The number of aromatic nitrogens is 1. The van der Waals surface area contributed by atoms with E-state index in [1.54, 1.807) is 6.07 Å². The second-order valence-electron chi connectivity index (χ2n) is 3.69. The maximum Gasteiger partial charge on any atom is 0.184 e. The van der Waals surface area contributed by atoms with Crippen LogP contribution in [0.4, 0.5) is 0 Å². The average Bonchev–Trinajstić information content (AvgIpc) is 2.32. The molecule has 16 heavy (non-hydrogen) atoms. The van der Waals surface area contributed by atoms with Crippen LogP contribution in [0.1, 0.15) is 0 Å². The van der Waals surface area contributed by atoms with Crippen LogP contribution in [0.25, 0.3) is 21.8 Å². The Morgan fingerprint density at radius 1 is 0.875 bits per heavy atom. The monoisotopic (exact) mass is 211 g/mol. The van der Waals surface area contributed by atoms with Gasteiger partial charge in [-0.25, -0.2) is 4.98 Å². The fourth-order valence-corrected chi connectivity index (χ4v) is 1.82. The summed E-state index contributed by atoms with van der Waals surface area (Å²) >= 11 is 0. The number of rotatable bonds is 0. The summed E-state index contributed by atoms with van der Waals surface area (Å²) in [6.07, 6.45) is 0. The van der Waals surface area contributed by atoms with Gasteiger partial charge in [0.2, 0.25) is 0 Å². The molecule has 0 saturated carbocycles. The minimum absolute atomic E-state index is 0.143. The van der Waals surface area contributed by atoms with Crippen LogP contribution in [0.2, 0.25) is 0 Å². The van der Waals surface area contributed by atoms with Crippen molar-refractivity contribution in [2.24, 2.45) is 0 Å². The highest BCUT2D eigenvalue weighted by atomic mass is 16.3. The van der Waals surface area contributed by atoms with Crippen molar-refractivity contribution in [3.8, 4) is 11.5 Å². The molecule has 3 heteroatoms. The van der Waals surface area contributed by atoms with Gasteiger partial charge < -0.3 is 10.2 Å². The van der Waals surface area contributed by atoms with Gasteiger partial charge in [-0.2, -0.15) is 0 Å². The lowest BCUT2D eigenvalue weighted by atomic mass is 10.1. The lowest BCUT2D eigenvalue weighted by Gasteiger charge is -2.04. The molecule has 1 aromatic heterocycles. The molecule has 0 fully saturated rings. The lowest BCUT2D eigenvalue weighted by Crippen LogP contribution is -1.83. The highest BCUT2D eigenvalue weighted by Crippen LogP contribution is 2.33. The van der Waals surface area contributed by atoms with Gasteiger partial charge in [-0.3, -0.25) is 0 Å². The number of benzene rings is 2. The molecule has 0 amide bonds. The molecule has 0 bridgehead atoms. The third kappa shape index (κ3) is 1.18. The first-order valence-corrected chi connectivity index (χ1v) is 4.96.